The van der Waals surface area contributed by atoms with Crippen molar-refractivity contribution in [1.29, 1.82) is 0 Å². The number of hydrogen-bond acceptors (Lipinski definition) is 4. The minimum Gasteiger partial charge on any atom is -1.00 e. The van der Waals surface area contributed by atoms with Crippen molar-refractivity contribution < 1.29 is 105 Å². The van der Waals surface area contributed by atoms with Gasteiger partial charge >= 0.3 is 33.8 Å². The first kappa shape index (κ1) is 47.2. The number of carbonyl (C=O) groups excluding carboxylic acids is 2. The van der Waals surface area contributed by atoms with E-state index in [0.717, 1.165) is 13.8 Å². The zero-order valence-corrected chi connectivity index (χ0v) is 13.4. The van der Waals surface area contributed by atoms with Gasteiger partial charge in [-0.15, -0.1) is 0 Å². The van der Waals surface area contributed by atoms with Gasteiger partial charge in [-0.1, -0.05) is 0 Å². The predicted octanol–water partition coefficient (Wildman–Crippen LogP) is -11.5. The van der Waals surface area contributed by atoms with Gasteiger partial charge in [0.2, 0.25) is 0 Å². The summed E-state index contributed by atoms with van der Waals surface area (Å²) < 4.78 is 0. The zero-order valence-electron chi connectivity index (χ0n) is 6.45. The van der Waals surface area contributed by atoms with E-state index in [9.17, 15) is 0 Å². The van der Waals surface area contributed by atoms with Gasteiger partial charge < -0.3 is 70.7 Å². The Kier molecular flexibility index (Phi) is 137. The second-order valence-electron chi connectivity index (χ2n) is 0.983. The van der Waals surface area contributed by atoms with E-state index >= 15 is 0 Å². The molecular weight excluding hydrogens is 467 g/mol. The van der Waals surface area contributed by atoms with E-state index in [-0.39, 0.29) is 84.8 Å². The molecule has 0 heterocycles. The topological polar surface area (TPSA) is 80.3 Å². The van der Waals surface area contributed by atoms with Crippen molar-refractivity contribution in [2.24, 2.45) is 0 Å². The third kappa shape index (κ3) is 882. The van der Waals surface area contributed by atoms with E-state index in [2.05, 4.69) is 0 Å². The van der Waals surface area contributed by atoms with E-state index < -0.39 is 11.9 Å². The molecule has 13 heavy (non-hydrogen) atoms. The fourth-order valence-electron chi connectivity index (χ4n) is 0. The zero-order chi connectivity index (χ0) is 7.15. The smallest absolute Gasteiger partial charge is 1.00 e. The van der Waals surface area contributed by atoms with Crippen molar-refractivity contribution in [2.45, 2.75) is 13.8 Å². The third-order valence-corrected chi connectivity index (χ3v) is 0. The molecule has 84 valence electrons. The first-order chi connectivity index (χ1) is 3.46. The summed E-state index contributed by atoms with van der Waals surface area (Å²) in [6, 6.07) is 0. The molecule has 2 radical (unpaired) electrons. The first-order valence-corrected chi connectivity index (χ1v) is 1.82. The van der Waals surface area contributed by atoms with Crippen LogP contribution in [0.25, 0.3) is 0 Å². The van der Waals surface area contributed by atoms with Crippen LogP contribution in [0.1, 0.15) is 13.8 Å². The maximum Gasteiger partial charge on any atom is 3.00 e. The summed E-state index contributed by atoms with van der Waals surface area (Å²) in [6.07, 6.45) is 0. The Morgan fingerprint density at radius 3 is 0.846 bits per heavy atom. The molecule has 0 aromatic rings. The molecule has 0 aliphatic heterocycles. The number of carbonyl (C=O) groups is 2. The third-order valence-electron chi connectivity index (χ3n) is 0. The van der Waals surface area contributed by atoms with Crippen LogP contribution in [0, 0.1) is 0 Å². The van der Waals surface area contributed by atoms with Crippen LogP contribution in [0.15, 0.2) is 0 Å². The van der Waals surface area contributed by atoms with Gasteiger partial charge in [0, 0.05) is 11.9 Å². The standard InChI is InChI=1S/2C2H4O2.3BrH.Co.Fe/c2*1-2(3)4;;;;;/h2*1H3,(H,3,4);3*1H;;/q;;;;;+2;+3/p-5. The second kappa shape index (κ2) is 37.6. The molecule has 0 rings (SSSR count). The monoisotopic (exact) mass is 470 g/mol. The van der Waals surface area contributed by atoms with Crippen LogP contribution in [-0.4, -0.2) is 11.9 Å². The van der Waals surface area contributed by atoms with Gasteiger partial charge in [0.1, 0.15) is 0 Å². The van der Waals surface area contributed by atoms with Crippen LogP contribution >= 0.6 is 0 Å². The minimum atomic E-state index is -1.08. The van der Waals surface area contributed by atoms with Crippen molar-refractivity contribution >= 4 is 11.9 Å². The molecule has 0 aromatic heterocycles. The number of carboxylic acid groups (broad SMARTS) is 2. The molecule has 0 aliphatic rings. The van der Waals surface area contributed by atoms with Gasteiger partial charge in [-0.25, -0.2) is 0 Å². The van der Waals surface area contributed by atoms with Crippen LogP contribution in [-0.2, 0) is 43.4 Å². The molecule has 0 bridgehead atoms. The Balaban J connectivity index is -0.00000000800. The fourth-order valence-corrected chi connectivity index (χ4v) is 0. The largest absolute Gasteiger partial charge is 3.00 e. The summed E-state index contributed by atoms with van der Waals surface area (Å²) in [6.45, 7) is 1.94. The summed E-state index contributed by atoms with van der Waals surface area (Å²) in [5.74, 6) is -2.17. The number of carboxylic acids is 2. The van der Waals surface area contributed by atoms with Crippen LogP contribution in [0.3, 0.4) is 0 Å². The molecule has 0 atom stereocenters. The van der Waals surface area contributed by atoms with Crippen molar-refractivity contribution in [1.82, 2.24) is 0 Å². The van der Waals surface area contributed by atoms with E-state index in [1.54, 1.807) is 0 Å². The van der Waals surface area contributed by atoms with E-state index in [0.29, 0.717) is 0 Å². The Morgan fingerprint density at radius 2 is 0.846 bits per heavy atom. The van der Waals surface area contributed by atoms with Gasteiger partial charge in [-0.2, -0.15) is 0 Å². The molecule has 9 heteroatoms. The molecule has 0 aliphatic carbocycles. The van der Waals surface area contributed by atoms with Gasteiger partial charge in [-0.3, -0.25) is 0 Å². The Hall–Kier alpha value is 1.41. The number of aliphatic carboxylic acids is 2. The van der Waals surface area contributed by atoms with Gasteiger partial charge in [0.25, 0.3) is 0 Å². The van der Waals surface area contributed by atoms with Crippen LogP contribution in [0.2, 0.25) is 0 Å². The van der Waals surface area contributed by atoms with E-state index in [1.165, 1.54) is 0 Å². The molecule has 0 spiro atoms. The van der Waals surface area contributed by atoms with Gasteiger partial charge in [-0.05, 0) is 13.8 Å². The molecule has 4 nitrogen and oxygen atoms in total. The van der Waals surface area contributed by atoms with E-state index in [4.69, 9.17) is 19.8 Å². The SMILES string of the molecule is CC(=O)[O-].CC(=O)[O-].[Br-].[Br-].[Br-].[Co+2].[Fe+3]. The average Bonchev–Trinajstić information content (AvgIpc) is 1.25. The van der Waals surface area contributed by atoms with Crippen molar-refractivity contribution in [3.8, 4) is 0 Å². The molecule has 0 aromatic carbocycles. The molecule has 0 saturated carbocycles. The van der Waals surface area contributed by atoms with Gasteiger partial charge in [0.15, 0.2) is 0 Å². The quantitative estimate of drug-likeness (QED) is 0.328. The molecule has 0 fully saturated rings. The number of halogens is 3. The summed E-state index contributed by atoms with van der Waals surface area (Å²) >= 11 is 0. The normalized spacial score (nSPS) is 3.85. The average molecular weight is 473 g/mol. The maximum atomic E-state index is 8.89. The molecule has 0 N–H and O–H groups in total. The summed E-state index contributed by atoms with van der Waals surface area (Å²) in [4.78, 5) is 17.8. The van der Waals surface area contributed by atoms with Crippen molar-refractivity contribution in [2.75, 3.05) is 0 Å². The fraction of sp³-hybridized carbons (Fsp3) is 0.500. The number of hydrogen-bond donors (Lipinski definition) is 0. The van der Waals surface area contributed by atoms with Crippen molar-refractivity contribution in [3.63, 3.8) is 0 Å². The maximum absolute atomic E-state index is 8.89. The summed E-state index contributed by atoms with van der Waals surface area (Å²) in [5.41, 5.74) is 0. The van der Waals surface area contributed by atoms with Crippen LogP contribution in [0.4, 0.5) is 0 Å². The first-order valence-electron chi connectivity index (χ1n) is 1.82. The van der Waals surface area contributed by atoms with E-state index in [1.807, 2.05) is 0 Å². The molecule has 0 amide bonds. The molecule has 0 saturated heterocycles. The second-order valence-corrected chi connectivity index (χ2v) is 0.983. The molecule has 0 unspecified atom stereocenters. The van der Waals surface area contributed by atoms with Gasteiger partial charge in [0.05, 0.1) is 0 Å². The van der Waals surface area contributed by atoms with Crippen molar-refractivity contribution in [3.05, 3.63) is 0 Å². The Labute approximate surface area is 129 Å². The predicted molar refractivity (Wildman–Crippen MR) is 21.4 cm³/mol. The summed E-state index contributed by atoms with van der Waals surface area (Å²) in [7, 11) is 0. The molecular formula is C4H6Br3CoFeO4. The van der Waals surface area contributed by atoms with Crippen LogP contribution in [0.5, 0.6) is 0 Å². The Morgan fingerprint density at radius 1 is 0.846 bits per heavy atom. The van der Waals surface area contributed by atoms with Crippen LogP contribution < -0.4 is 61.2 Å². The number of rotatable bonds is 0. The Bertz CT molecular complexity index is 85.4. The minimum absolute atomic E-state index is 0. The summed E-state index contributed by atoms with van der Waals surface area (Å²) in [5, 5.41) is 17.8.